The monoisotopic (exact) mass is 685 g/mol. The van der Waals surface area contributed by atoms with Crippen molar-refractivity contribution in [1.29, 1.82) is 5.26 Å². The molecule has 0 saturated carbocycles. The van der Waals surface area contributed by atoms with Crippen LogP contribution in [0.25, 0.3) is 22.2 Å². The number of fused-ring (bicyclic) bond motifs is 1. The molecule has 4 heterocycles. The SMILES string of the molecule is CC(C)(C)OC(=O)NCCn1cc(C#N)c2cc(-c3ccc(S(=O)(=O)N4CC[C@@H](Nc5ccc(C(F)(F)F)cn5)[C@@H](O)C4)cc3)cnc21. The molecule has 254 valence electrons. The molecule has 2 atom stereocenters. The Labute approximate surface area is 275 Å². The van der Waals surface area contributed by atoms with Gasteiger partial charge in [0.05, 0.1) is 28.2 Å². The maximum atomic E-state index is 13.4. The fourth-order valence-corrected chi connectivity index (χ4v) is 6.75. The van der Waals surface area contributed by atoms with E-state index in [1.807, 2.05) is 0 Å². The van der Waals surface area contributed by atoms with Crippen molar-refractivity contribution in [2.45, 2.75) is 62.6 Å². The highest BCUT2D eigenvalue weighted by Crippen LogP contribution is 2.31. The third-order valence-electron chi connectivity index (χ3n) is 7.65. The summed E-state index contributed by atoms with van der Waals surface area (Å²) in [6.07, 6.45) is -2.04. The summed E-state index contributed by atoms with van der Waals surface area (Å²) in [6, 6.07) is 11.6. The molecular formula is C32H34F3N7O5S. The molecule has 5 rings (SSSR count). The van der Waals surface area contributed by atoms with Gasteiger partial charge in [0.2, 0.25) is 10.0 Å². The number of nitrogens with one attached hydrogen (secondary N) is 2. The minimum Gasteiger partial charge on any atom is -0.444 e. The van der Waals surface area contributed by atoms with Gasteiger partial charge in [-0.3, -0.25) is 0 Å². The van der Waals surface area contributed by atoms with E-state index in [4.69, 9.17) is 4.74 Å². The number of aliphatic hydroxyl groups excluding tert-OH is 1. The van der Waals surface area contributed by atoms with Crippen LogP contribution < -0.4 is 10.6 Å². The third-order valence-corrected chi connectivity index (χ3v) is 9.53. The first-order valence-electron chi connectivity index (χ1n) is 15.0. The van der Waals surface area contributed by atoms with E-state index in [0.717, 1.165) is 16.4 Å². The van der Waals surface area contributed by atoms with Gasteiger partial charge in [0.25, 0.3) is 0 Å². The van der Waals surface area contributed by atoms with Crippen molar-refractivity contribution in [3.8, 4) is 17.2 Å². The van der Waals surface area contributed by atoms with Gasteiger partial charge in [-0.25, -0.2) is 23.2 Å². The van der Waals surface area contributed by atoms with Crippen LogP contribution in [0.2, 0.25) is 0 Å². The van der Waals surface area contributed by atoms with Gasteiger partial charge in [-0.15, -0.1) is 0 Å². The number of alkyl halides is 3. The number of rotatable bonds is 8. The Hall–Kier alpha value is -4.72. The molecule has 48 heavy (non-hydrogen) atoms. The Kier molecular flexibility index (Phi) is 9.67. The number of carbonyl (C=O) groups is 1. The van der Waals surface area contributed by atoms with Gasteiger partial charge in [-0.05, 0) is 63.1 Å². The largest absolute Gasteiger partial charge is 0.444 e. The number of carbonyl (C=O) groups excluding carboxylic acids is 1. The summed E-state index contributed by atoms with van der Waals surface area (Å²) in [5.74, 6) is 0.139. The topological polar surface area (TPSA) is 162 Å². The van der Waals surface area contributed by atoms with E-state index in [1.165, 1.54) is 12.1 Å². The van der Waals surface area contributed by atoms with E-state index in [9.17, 15) is 36.8 Å². The lowest BCUT2D eigenvalue weighted by atomic mass is 10.0. The van der Waals surface area contributed by atoms with Crippen LogP contribution >= 0.6 is 0 Å². The van der Waals surface area contributed by atoms with Crippen LogP contribution in [0.3, 0.4) is 0 Å². The molecule has 16 heteroatoms. The van der Waals surface area contributed by atoms with Crippen LogP contribution in [-0.4, -0.2) is 75.8 Å². The second-order valence-electron chi connectivity index (χ2n) is 12.3. The molecule has 3 aromatic heterocycles. The quantitative estimate of drug-likeness (QED) is 0.238. The molecule has 0 spiro atoms. The summed E-state index contributed by atoms with van der Waals surface area (Å²) in [6.45, 7) is 5.76. The molecule has 3 N–H and O–H groups in total. The number of aliphatic hydroxyl groups is 1. The van der Waals surface area contributed by atoms with E-state index in [-0.39, 0.29) is 36.8 Å². The summed E-state index contributed by atoms with van der Waals surface area (Å²) in [5.41, 5.74) is 0.736. The number of hydrogen-bond donors (Lipinski definition) is 3. The van der Waals surface area contributed by atoms with Gasteiger partial charge in [0.1, 0.15) is 23.1 Å². The number of ether oxygens (including phenoxy) is 1. The lowest BCUT2D eigenvalue weighted by molar-refractivity contribution is -0.137. The maximum Gasteiger partial charge on any atom is 0.417 e. The number of benzene rings is 1. The van der Waals surface area contributed by atoms with E-state index in [1.54, 1.807) is 55.9 Å². The highest BCUT2D eigenvalue weighted by atomic mass is 32.2. The van der Waals surface area contributed by atoms with Crippen LogP contribution in [0, 0.1) is 11.3 Å². The number of aromatic nitrogens is 3. The zero-order valence-corrected chi connectivity index (χ0v) is 27.1. The molecule has 1 aliphatic heterocycles. The van der Waals surface area contributed by atoms with Crippen molar-refractivity contribution in [3.05, 3.63) is 72.2 Å². The van der Waals surface area contributed by atoms with E-state index < -0.39 is 45.6 Å². The highest BCUT2D eigenvalue weighted by Gasteiger charge is 2.35. The maximum absolute atomic E-state index is 13.4. The lowest BCUT2D eigenvalue weighted by Gasteiger charge is -2.35. The van der Waals surface area contributed by atoms with Crippen molar-refractivity contribution in [3.63, 3.8) is 0 Å². The molecule has 1 fully saturated rings. The zero-order chi connectivity index (χ0) is 34.9. The summed E-state index contributed by atoms with van der Waals surface area (Å²) < 4.78 is 73.5. The molecule has 0 aliphatic carbocycles. The van der Waals surface area contributed by atoms with Crippen LogP contribution in [0.4, 0.5) is 23.8 Å². The molecular weight excluding hydrogens is 651 g/mol. The minimum absolute atomic E-state index is 0.0182. The standard InChI is InChI=1S/C32H34F3N7O5S/c1-31(2,3)47-30(44)37-11-13-41-18-22(15-36)25-14-21(16-39-29(25)41)20-4-7-24(8-5-20)48(45,46)42-12-10-26(27(43)19-42)40-28-9-6-23(17-38-28)32(33,34)35/h4-9,14,16-18,26-27,43H,10-13,19H2,1-3H3,(H,37,44)(H,38,40)/t26-,27+/m1/s1. The number of nitriles is 1. The second-order valence-corrected chi connectivity index (χ2v) is 14.2. The van der Waals surface area contributed by atoms with Crippen molar-refractivity contribution < 1.29 is 36.2 Å². The van der Waals surface area contributed by atoms with Crippen molar-refractivity contribution in [2.24, 2.45) is 0 Å². The summed E-state index contributed by atoms with van der Waals surface area (Å²) in [7, 11) is -3.98. The molecule has 0 bridgehead atoms. The fourth-order valence-electron chi connectivity index (χ4n) is 5.28. The Balaban J connectivity index is 1.24. The van der Waals surface area contributed by atoms with Gasteiger partial charge in [0, 0.05) is 55.7 Å². The third kappa shape index (κ3) is 7.87. The molecule has 1 amide bonds. The Morgan fingerprint density at radius 1 is 1.10 bits per heavy atom. The predicted molar refractivity (Wildman–Crippen MR) is 170 cm³/mol. The van der Waals surface area contributed by atoms with Gasteiger partial charge in [0.15, 0.2) is 0 Å². The molecule has 1 aliphatic rings. The summed E-state index contributed by atoms with van der Waals surface area (Å²) in [5, 5.41) is 26.6. The van der Waals surface area contributed by atoms with Gasteiger partial charge in [-0.2, -0.15) is 22.7 Å². The van der Waals surface area contributed by atoms with Crippen LogP contribution in [0.1, 0.15) is 38.3 Å². The van der Waals surface area contributed by atoms with E-state index in [2.05, 4.69) is 26.7 Å². The molecule has 1 aromatic carbocycles. The number of hydrogen-bond acceptors (Lipinski definition) is 9. The number of amides is 1. The first-order valence-corrected chi connectivity index (χ1v) is 16.4. The van der Waals surface area contributed by atoms with Crippen molar-refractivity contribution in [1.82, 2.24) is 24.2 Å². The Morgan fingerprint density at radius 2 is 1.83 bits per heavy atom. The number of pyridine rings is 2. The highest BCUT2D eigenvalue weighted by molar-refractivity contribution is 7.89. The van der Waals surface area contributed by atoms with Gasteiger partial charge in [-0.1, -0.05) is 12.1 Å². The van der Waals surface area contributed by atoms with E-state index >= 15 is 0 Å². The van der Waals surface area contributed by atoms with Crippen molar-refractivity contribution >= 4 is 33.0 Å². The first kappa shape index (κ1) is 34.6. The second kappa shape index (κ2) is 13.4. The van der Waals surface area contributed by atoms with Crippen LogP contribution in [-0.2, 0) is 27.5 Å². The first-order chi connectivity index (χ1) is 22.5. The summed E-state index contributed by atoms with van der Waals surface area (Å²) in [4.78, 5) is 20.3. The van der Waals surface area contributed by atoms with Gasteiger partial charge < -0.3 is 25.0 Å². The number of halogens is 3. The van der Waals surface area contributed by atoms with Gasteiger partial charge >= 0.3 is 12.3 Å². The molecule has 0 radical (unpaired) electrons. The fraction of sp³-hybridized carbons (Fsp3) is 0.375. The smallest absolute Gasteiger partial charge is 0.417 e. The van der Waals surface area contributed by atoms with Crippen molar-refractivity contribution in [2.75, 3.05) is 25.0 Å². The average molecular weight is 686 g/mol. The molecule has 4 aromatic rings. The average Bonchev–Trinajstić information content (AvgIpc) is 3.38. The predicted octanol–water partition coefficient (Wildman–Crippen LogP) is 4.75. The molecule has 0 unspecified atom stereocenters. The Morgan fingerprint density at radius 3 is 2.44 bits per heavy atom. The Bertz CT molecular complexity index is 1930. The number of nitrogens with zero attached hydrogens (tertiary/aromatic N) is 5. The van der Waals surface area contributed by atoms with Crippen LogP contribution in [0.5, 0.6) is 0 Å². The zero-order valence-electron chi connectivity index (χ0n) is 26.3. The number of alkyl carbamates (subject to hydrolysis) is 1. The van der Waals surface area contributed by atoms with Crippen LogP contribution in [0.15, 0.2) is 66.0 Å². The lowest BCUT2D eigenvalue weighted by Crippen LogP contribution is -2.51. The normalized spacial score (nSPS) is 17.5. The number of anilines is 1. The number of piperidine rings is 1. The van der Waals surface area contributed by atoms with E-state index in [0.29, 0.717) is 40.5 Å². The number of β-amino-alcohol motifs (C(OH)–C–C–N with tert-alkyl or cyclic N) is 1. The number of sulfonamides is 1. The summed E-state index contributed by atoms with van der Waals surface area (Å²) >= 11 is 0. The molecule has 1 saturated heterocycles. The minimum atomic E-state index is -4.52. The molecule has 12 nitrogen and oxygen atoms in total.